The summed E-state index contributed by atoms with van der Waals surface area (Å²) in [5, 5.41) is 1.10. The summed E-state index contributed by atoms with van der Waals surface area (Å²) in [5.41, 5.74) is 0.0908. The molecule has 0 amide bonds. The van der Waals surface area contributed by atoms with Crippen molar-refractivity contribution in [3.63, 3.8) is 0 Å². The minimum atomic E-state index is 0.0908. The Morgan fingerprint density at radius 3 is 2.67 bits per heavy atom. The molecule has 0 N–H and O–H groups in total. The van der Waals surface area contributed by atoms with Crippen LogP contribution in [-0.4, -0.2) is 71.9 Å². The van der Waals surface area contributed by atoms with Crippen LogP contribution >= 0.6 is 11.5 Å². The van der Waals surface area contributed by atoms with E-state index < -0.39 is 0 Å². The largest absolute Gasteiger partial charge is 0.381 e. The fraction of sp³-hybridized carbons (Fsp3) is 0.882. The van der Waals surface area contributed by atoms with Crippen LogP contribution in [-0.2, 0) is 15.9 Å². The molecule has 4 rings (SSSR count). The molecule has 1 unspecified atom stereocenters. The third-order valence-electron chi connectivity index (χ3n) is 5.75. The standard InChI is InChI=1S/C17H28N4O2S/c1-2-15-18-16(24-19-15)21-8-6-20(7-9-21)14-3-10-23-17(13-14)4-11-22-12-5-17/h14H,2-13H2,1H3. The van der Waals surface area contributed by atoms with E-state index >= 15 is 0 Å². The van der Waals surface area contributed by atoms with Crippen LogP contribution in [0.2, 0.25) is 0 Å². The van der Waals surface area contributed by atoms with E-state index in [4.69, 9.17) is 9.47 Å². The van der Waals surface area contributed by atoms with E-state index in [1.54, 1.807) is 11.5 Å². The van der Waals surface area contributed by atoms with Crippen molar-refractivity contribution in [3.8, 4) is 0 Å². The summed E-state index contributed by atoms with van der Waals surface area (Å²) in [6.07, 6.45) is 5.39. The van der Waals surface area contributed by atoms with Gasteiger partial charge in [-0.3, -0.25) is 4.90 Å². The summed E-state index contributed by atoms with van der Waals surface area (Å²) in [5.74, 6) is 0.975. The van der Waals surface area contributed by atoms with E-state index in [1.165, 1.54) is 12.8 Å². The predicted molar refractivity (Wildman–Crippen MR) is 94.8 cm³/mol. The fourth-order valence-corrected chi connectivity index (χ4v) is 5.00. The van der Waals surface area contributed by atoms with E-state index in [1.807, 2.05) is 0 Å². The molecule has 4 heterocycles. The van der Waals surface area contributed by atoms with Gasteiger partial charge < -0.3 is 14.4 Å². The van der Waals surface area contributed by atoms with Gasteiger partial charge in [0, 0.05) is 70.0 Å². The van der Waals surface area contributed by atoms with Crippen molar-refractivity contribution in [2.24, 2.45) is 0 Å². The highest BCUT2D eigenvalue weighted by atomic mass is 32.1. The van der Waals surface area contributed by atoms with Crippen LogP contribution in [0.25, 0.3) is 0 Å². The predicted octanol–water partition coefficient (Wildman–Crippen LogP) is 1.95. The summed E-state index contributed by atoms with van der Waals surface area (Å²) >= 11 is 1.55. The summed E-state index contributed by atoms with van der Waals surface area (Å²) < 4.78 is 16.2. The molecule has 1 aromatic rings. The maximum absolute atomic E-state index is 6.20. The first-order valence-electron chi connectivity index (χ1n) is 9.31. The van der Waals surface area contributed by atoms with Gasteiger partial charge in [0.15, 0.2) is 0 Å². The van der Waals surface area contributed by atoms with Gasteiger partial charge >= 0.3 is 0 Å². The van der Waals surface area contributed by atoms with E-state index in [0.717, 1.165) is 76.2 Å². The first kappa shape index (κ1) is 16.7. The highest BCUT2D eigenvalue weighted by Crippen LogP contribution is 2.36. The number of nitrogens with zero attached hydrogens (tertiary/aromatic N) is 4. The lowest BCUT2D eigenvalue weighted by molar-refractivity contribution is -0.151. The lowest BCUT2D eigenvalue weighted by Crippen LogP contribution is -2.56. The molecule has 0 aromatic carbocycles. The van der Waals surface area contributed by atoms with Crippen molar-refractivity contribution in [3.05, 3.63) is 5.82 Å². The molecular formula is C17H28N4O2S. The zero-order valence-electron chi connectivity index (χ0n) is 14.6. The monoisotopic (exact) mass is 352 g/mol. The molecule has 1 atom stereocenters. The Balaban J connectivity index is 1.33. The van der Waals surface area contributed by atoms with Crippen molar-refractivity contribution in [1.82, 2.24) is 14.3 Å². The molecule has 0 aliphatic carbocycles. The van der Waals surface area contributed by atoms with Crippen LogP contribution in [0.15, 0.2) is 0 Å². The van der Waals surface area contributed by atoms with Gasteiger partial charge in [-0.1, -0.05) is 6.92 Å². The fourth-order valence-electron chi connectivity index (χ4n) is 4.20. The highest BCUT2D eigenvalue weighted by Gasteiger charge is 2.41. The van der Waals surface area contributed by atoms with Gasteiger partial charge in [0.25, 0.3) is 0 Å². The maximum Gasteiger partial charge on any atom is 0.205 e. The molecule has 3 saturated heterocycles. The van der Waals surface area contributed by atoms with Crippen molar-refractivity contribution in [1.29, 1.82) is 0 Å². The molecule has 0 radical (unpaired) electrons. The Morgan fingerprint density at radius 2 is 1.96 bits per heavy atom. The van der Waals surface area contributed by atoms with Crippen LogP contribution in [0.4, 0.5) is 5.13 Å². The zero-order valence-corrected chi connectivity index (χ0v) is 15.4. The van der Waals surface area contributed by atoms with Crippen molar-refractivity contribution < 1.29 is 9.47 Å². The van der Waals surface area contributed by atoms with Crippen LogP contribution in [0, 0.1) is 0 Å². The molecule has 134 valence electrons. The number of aromatic nitrogens is 2. The molecule has 3 aliphatic heterocycles. The average Bonchev–Trinajstić information content (AvgIpc) is 3.12. The number of hydrogen-bond donors (Lipinski definition) is 0. The molecule has 3 fully saturated rings. The molecule has 1 spiro atoms. The van der Waals surface area contributed by atoms with Crippen LogP contribution in [0.3, 0.4) is 0 Å². The lowest BCUT2D eigenvalue weighted by atomic mass is 9.83. The normalized spacial score (nSPS) is 28.4. The lowest BCUT2D eigenvalue weighted by Gasteiger charge is -2.48. The van der Waals surface area contributed by atoms with Crippen molar-refractivity contribution in [2.45, 2.75) is 50.7 Å². The molecule has 6 nitrogen and oxygen atoms in total. The Morgan fingerprint density at radius 1 is 1.17 bits per heavy atom. The summed E-state index contributed by atoms with van der Waals surface area (Å²) in [6, 6.07) is 0.666. The average molecular weight is 353 g/mol. The summed E-state index contributed by atoms with van der Waals surface area (Å²) in [7, 11) is 0. The number of rotatable bonds is 3. The Bertz CT molecular complexity index is 533. The summed E-state index contributed by atoms with van der Waals surface area (Å²) in [6.45, 7) is 9.10. The minimum absolute atomic E-state index is 0.0908. The minimum Gasteiger partial charge on any atom is -0.381 e. The second-order valence-electron chi connectivity index (χ2n) is 7.16. The van der Waals surface area contributed by atoms with Gasteiger partial charge in [0.05, 0.1) is 5.60 Å². The smallest absolute Gasteiger partial charge is 0.205 e. The zero-order chi connectivity index (χ0) is 16.4. The van der Waals surface area contributed by atoms with Gasteiger partial charge in [-0.25, -0.2) is 4.98 Å². The molecule has 7 heteroatoms. The molecule has 1 aromatic heterocycles. The van der Waals surface area contributed by atoms with E-state index in [2.05, 4.69) is 26.1 Å². The Kier molecular flexibility index (Phi) is 5.03. The first-order valence-corrected chi connectivity index (χ1v) is 10.1. The maximum atomic E-state index is 6.20. The molecule has 0 saturated carbocycles. The third kappa shape index (κ3) is 3.45. The molecule has 24 heavy (non-hydrogen) atoms. The first-order chi connectivity index (χ1) is 11.8. The Labute approximate surface area is 148 Å². The quantitative estimate of drug-likeness (QED) is 0.829. The summed E-state index contributed by atoms with van der Waals surface area (Å²) in [4.78, 5) is 9.72. The second-order valence-corrected chi connectivity index (χ2v) is 7.89. The number of hydrogen-bond acceptors (Lipinski definition) is 7. The van der Waals surface area contributed by atoms with Gasteiger partial charge in [-0.15, -0.1) is 0 Å². The van der Waals surface area contributed by atoms with Crippen molar-refractivity contribution in [2.75, 3.05) is 50.9 Å². The van der Waals surface area contributed by atoms with E-state index in [-0.39, 0.29) is 5.60 Å². The van der Waals surface area contributed by atoms with Gasteiger partial charge in [-0.05, 0) is 25.7 Å². The SMILES string of the molecule is CCc1nsc(N2CCN(C3CCOC4(CCOCC4)C3)CC2)n1. The van der Waals surface area contributed by atoms with Crippen molar-refractivity contribution >= 4 is 16.7 Å². The van der Waals surface area contributed by atoms with Crippen LogP contribution in [0.1, 0.15) is 38.4 Å². The van der Waals surface area contributed by atoms with Crippen LogP contribution in [0.5, 0.6) is 0 Å². The third-order valence-corrected chi connectivity index (χ3v) is 6.56. The van der Waals surface area contributed by atoms with Crippen LogP contribution < -0.4 is 4.90 Å². The number of anilines is 1. The second kappa shape index (κ2) is 7.23. The van der Waals surface area contributed by atoms with Gasteiger partial charge in [-0.2, -0.15) is 4.37 Å². The van der Waals surface area contributed by atoms with Gasteiger partial charge in [0.2, 0.25) is 5.13 Å². The molecule has 0 bridgehead atoms. The Hall–Kier alpha value is -0.760. The molecular weight excluding hydrogens is 324 g/mol. The number of ether oxygens (including phenoxy) is 2. The number of piperazine rings is 1. The van der Waals surface area contributed by atoms with Gasteiger partial charge in [0.1, 0.15) is 5.82 Å². The van der Waals surface area contributed by atoms with E-state index in [9.17, 15) is 0 Å². The topological polar surface area (TPSA) is 50.7 Å². The molecule has 3 aliphatic rings. The van der Waals surface area contributed by atoms with E-state index in [0.29, 0.717) is 6.04 Å². The highest BCUT2D eigenvalue weighted by molar-refractivity contribution is 7.09. The number of aryl methyl sites for hydroxylation is 1.